The van der Waals surface area contributed by atoms with Gasteiger partial charge < -0.3 is 15.4 Å². The summed E-state index contributed by atoms with van der Waals surface area (Å²) in [6, 6.07) is 13.7. The average Bonchev–Trinajstić information content (AvgIpc) is 3.24. The summed E-state index contributed by atoms with van der Waals surface area (Å²) in [4.78, 5) is 9.02. The summed E-state index contributed by atoms with van der Waals surface area (Å²) in [5.41, 5.74) is 1.63. The standard InChI is InChI=1S/C23H22F4N4O/c24-17-7-3-5-15(11-17)14-28-21-13-20(30-22(31-21)29-18-8-1-2-9-18)16-6-4-10-19(12-16)32-23(25,26)27/h3-7,10-13,18H,1-2,8-9,14H2,(H2,28,29,30,31). The van der Waals surface area contributed by atoms with Gasteiger partial charge in [-0.1, -0.05) is 37.1 Å². The van der Waals surface area contributed by atoms with Crippen LogP contribution < -0.4 is 15.4 Å². The molecule has 5 nitrogen and oxygen atoms in total. The third-order valence-corrected chi connectivity index (χ3v) is 5.14. The van der Waals surface area contributed by atoms with Crippen molar-refractivity contribution in [2.45, 2.75) is 44.6 Å². The number of hydrogen-bond acceptors (Lipinski definition) is 5. The summed E-state index contributed by atoms with van der Waals surface area (Å²) in [5, 5.41) is 6.47. The number of halogens is 4. The van der Waals surface area contributed by atoms with Crippen molar-refractivity contribution in [3.05, 3.63) is 66.0 Å². The molecule has 1 aliphatic rings. The van der Waals surface area contributed by atoms with Gasteiger partial charge in [0, 0.05) is 24.2 Å². The number of nitrogens with zero attached hydrogens (tertiary/aromatic N) is 2. The van der Waals surface area contributed by atoms with E-state index >= 15 is 0 Å². The molecule has 168 valence electrons. The normalized spacial score (nSPS) is 14.4. The molecule has 3 aromatic rings. The van der Waals surface area contributed by atoms with Gasteiger partial charge in [-0.2, -0.15) is 4.98 Å². The van der Waals surface area contributed by atoms with Gasteiger partial charge in [-0.3, -0.25) is 0 Å². The molecule has 9 heteroatoms. The highest BCUT2D eigenvalue weighted by Crippen LogP contribution is 2.29. The lowest BCUT2D eigenvalue weighted by atomic mass is 10.1. The van der Waals surface area contributed by atoms with Gasteiger partial charge in [0.25, 0.3) is 0 Å². The minimum atomic E-state index is -4.78. The molecule has 32 heavy (non-hydrogen) atoms. The summed E-state index contributed by atoms with van der Waals surface area (Å²) in [5.74, 6) is 0.200. The Morgan fingerprint density at radius 3 is 2.50 bits per heavy atom. The molecule has 2 aromatic carbocycles. The number of rotatable bonds is 7. The topological polar surface area (TPSA) is 59.1 Å². The zero-order chi connectivity index (χ0) is 22.6. The Hall–Kier alpha value is -3.36. The number of alkyl halides is 3. The Kier molecular flexibility index (Phi) is 6.43. The third kappa shape index (κ3) is 6.09. The van der Waals surface area contributed by atoms with Crippen molar-refractivity contribution in [3.63, 3.8) is 0 Å². The van der Waals surface area contributed by atoms with E-state index in [-0.39, 0.29) is 17.6 Å². The maximum atomic E-state index is 13.5. The first-order valence-corrected chi connectivity index (χ1v) is 10.3. The van der Waals surface area contributed by atoms with Crippen LogP contribution in [0.5, 0.6) is 5.75 Å². The predicted octanol–water partition coefficient (Wildman–Crippen LogP) is 6.15. The number of aromatic nitrogens is 2. The van der Waals surface area contributed by atoms with Crippen molar-refractivity contribution >= 4 is 11.8 Å². The van der Waals surface area contributed by atoms with Crippen LogP contribution in [0.15, 0.2) is 54.6 Å². The van der Waals surface area contributed by atoms with Crippen molar-refractivity contribution in [3.8, 4) is 17.0 Å². The lowest BCUT2D eigenvalue weighted by Crippen LogP contribution is -2.18. The Morgan fingerprint density at radius 2 is 1.75 bits per heavy atom. The van der Waals surface area contributed by atoms with Crippen LogP contribution in [0.25, 0.3) is 11.3 Å². The monoisotopic (exact) mass is 446 g/mol. The van der Waals surface area contributed by atoms with Crippen molar-refractivity contribution < 1.29 is 22.3 Å². The second-order valence-corrected chi connectivity index (χ2v) is 7.65. The SMILES string of the molecule is Fc1cccc(CNc2cc(-c3cccc(OC(F)(F)F)c3)nc(NC3CCCC3)n2)c1. The van der Waals surface area contributed by atoms with E-state index in [4.69, 9.17) is 0 Å². The maximum absolute atomic E-state index is 13.5. The molecule has 0 saturated heterocycles. The summed E-state index contributed by atoms with van der Waals surface area (Å²) in [6.45, 7) is 0.328. The zero-order valence-corrected chi connectivity index (χ0v) is 17.1. The predicted molar refractivity (Wildman–Crippen MR) is 114 cm³/mol. The van der Waals surface area contributed by atoms with E-state index in [1.165, 1.54) is 30.3 Å². The molecule has 0 spiro atoms. The smallest absolute Gasteiger partial charge is 0.406 e. The van der Waals surface area contributed by atoms with E-state index in [9.17, 15) is 17.6 Å². The first-order valence-electron chi connectivity index (χ1n) is 10.3. The van der Waals surface area contributed by atoms with Crippen LogP contribution in [-0.4, -0.2) is 22.4 Å². The van der Waals surface area contributed by atoms with Crippen molar-refractivity contribution in [1.82, 2.24) is 9.97 Å². The highest BCUT2D eigenvalue weighted by atomic mass is 19.4. The van der Waals surface area contributed by atoms with Crippen molar-refractivity contribution in [2.75, 3.05) is 10.6 Å². The van der Waals surface area contributed by atoms with Crippen LogP contribution in [0, 0.1) is 5.82 Å². The van der Waals surface area contributed by atoms with Gasteiger partial charge in [-0.15, -0.1) is 13.2 Å². The number of ether oxygens (including phenoxy) is 1. The fourth-order valence-electron chi connectivity index (χ4n) is 3.70. The summed E-state index contributed by atoms with van der Waals surface area (Å²) >= 11 is 0. The highest BCUT2D eigenvalue weighted by Gasteiger charge is 2.31. The minimum Gasteiger partial charge on any atom is -0.406 e. The molecule has 2 N–H and O–H groups in total. The second kappa shape index (κ2) is 9.42. The van der Waals surface area contributed by atoms with Crippen molar-refractivity contribution in [1.29, 1.82) is 0 Å². The van der Waals surface area contributed by atoms with Gasteiger partial charge in [-0.05, 0) is 42.7 Å². The third-order valence-electron chi connectivity index (χ3n) is 5.14. The van der Waals surface area contributed by atoms with Crippen LogP contribution in [0.4, 0.5) is 29.3 Å². The summed E-state index contributed by atoms with van der Waals surface area (Å²) in [7, 11) is 0. The first kappa shape index (κ1) is 21.9. The van der Waals surface area contributed by atoms with Crippen LogP contribution in [0.1, 0.15) is 31.2 Å². The molecule has 0 aliphatic heterocycles. The average molecular weight is 446 g/mol. The van der Waals surface area contributed by atoms with E-state index in [1.807, 2.05) is 0 Å². The fourth-order valence-corrected chi connectivity index (χ4v) is 3.70. The van der Waals surface area contributed by atoms with Crippen LogP contribution in [0.2, 0.25) is 0 Å². The summed E-state index contributed by atoms with van der Waals surface area (Å²) < 4.78 is 55.4. The molecular weight excluding hydrogens is 424 g/mol. The molecule has 1 saturated carbocycles. The van der Waals surface area contributed by atoms with Crippen LogP contribution in [0.3, 0.4) is 0 Å². The number of hydrogen-bond donors (Lipinski definition) is 2. The first-order chi connectivity index (χ1) is 15.3. The van der Waals surface area contributed by atoms with Gasteiger partial charge in [0.05, 0.1) is 5.69 Å². The van der Waals surface area contributed by atoms with Crippen LogP contribution in [-0.2, 0) is 6.54 Å². The zero-order valence-electron chi connectivity index (χ0n) is 17.1. The fraction of sp³-hybridized carbons (Fsp3) is 0.304. The maximum Gasteiger partial charge on any atom is 0.573 e. The van der Waals surface area contributed by atoms with E-state index in [1.54, 1.807) is 24.3 Å². The minimum absolute atomic E-state index is 0.251. The molecule has 0 amide bonds. The van der Waals surface area contributed by atoms with Gasteiger partial charge in [-0.25, -0.2) is 9.37 Å². The molecule has 1 aromatic heterocycles. The molecule has 1 heterocycles. The molecular formula is C23H22F4N4O. The Balaban J connectivity index is 1.61. The number of anilines is 2. The molecule has 1 fully saturated rings. The second-order valence-electron chi connectivity index (χ2n) is 7.65. The van der Waals surface area contributed by atoms with Crippen LogP contribution >= 0.6 is 0 Å². The van der Waals surface area contributed by atoms with Gasteiger partial charge in [0.1, 0.15) is 17.4 Å². The molecule has 4 rings (SSSR count). The lowest BCUT2D eigenvalue weighted by molar-refractivity contribution is -0.274. The quantitative estimate of drug-likeness (QED) is 0.427. The van der Waals surface area contributed by atoms with E-state index in [0.717, 1.165) is 31.2 Å². The van der Waals surface area contributed by atoms with Crippen molar-refractivity contribution in [2.24, 2.45) is 0 Å². The molecule has 1 aliphatic carbocycles. The van der Waals surface area contributed by atoms with Gasteiger partial charge in [0.15, 0.2) is 0 Å². The Labute approximate surface area is 182 Å². The van der Waals surface area contributed by atoms with E-state index in [0.29, 0.717) is 29.6 Å². The Bertz CT molecular complexity index is 1070. The Morgan fingerprint density at radius 1 is 0.969 bits per heavy atom. The molecule has 0 bridgehead atoms. The van der Waals surface area contributed by atoms with Gasteiger partial charge in [0.2, 0.25) is 5.95 Å². The largest absolute Gasteiger partial charge is 0.573 e. The van der Waals surface area contributed by atoms with E-state index < -0.39 is 6.36 Å². The van der Waals surface area contributed by atoms with Gasteiger partial charge >= 0.3 is 6.36 Å². The van der Waals surface area contributed by atoms with E-state index in [2.05, 4.69) is 25.3 Å². The number of nitrogens with one attached hydrogen (secondary N) is 2. The highest BCUT2D eigenvalue weighted by molar-refractivity contribution is 5.66. The number of benzene rings is 2. The molecule has 0 radical (unpaired) electrons. The molecule has 0 atom stereocenters. The molecule has 0 unspecified atom stereocenters. The summed E-state index contributed by atoms with van der Waals surface area (Å²) in [6.07, 6.45) is -0.516. The lowest BCUT2D eigenvalue weighted by Gasteiger charge is -2.15.